The van der Waals surface area contributed by atoms with Crippen LogP contribution in [0.1, 0.15) is 33.1 Å². The number of amides is 1. The van der Waals surface area contributed by atoms with Crippen molar-refractivity contribution in [2.75, 3.05) is 6.61 Å². The zero-order chi connectivity index (χ0) is 17.2. The van der Waals surface area contributed by atoms with Crippen LogP contribution in [0.25, 0.3) is 5.69 Å². The zero-order valence-electron chi connectivity index (χ0n) is 14.2. The van der Waals surface area contributed by atoms with E-state index in [9.17, 15) is 4.79 Å². The highest BCUT2D eigenvalue weighted by molar-refractivity contribution is 5.88. The van der Waals surface area contributed by atoms with Crippen molar-refractivity contribution >= 4 is 5.91 Å². The van der Waals surface area contributed by atoms with E-state index in [0.717, 1.165) is 24.9 Å². The number of para-hydroxylation sites is 1. The Morgan fingerprint density at radius 2 is 2.04 bits per heavy atom. The Morgan fingerprint density at radius 1 is 1.25 bits per heavy atom. The molecule has 0 saturated heterocycles. The molecule has 2 rings (SSSR count). The Labute approximate surface area is 142 Å². The summed E-state index contributed by atoms with van der Waals surface area (Å²) in [7, 11) is 0. The van der Waals surface area contributed by atoms with Crippen molar-refractivity contribution in [3.63, 3.8) is 0 Å². The van der Waals surface area contributed by atoms with Crippen LogP contribution >= 0.6 is 0 Å². The Kier molecular flexibility index (Phi) is 6.95. The molecule has 0 aliphatic heterocycles. The molecule has 0 aliphatic carbocycles. The van der Waals surface area contributed by atoms with Gasteiger partial charge in [0.05, 0.1) is 23.8 Å². The number of hydrogen-bond acceptors (Lipinski definition) is 3. The van der Waals surface area contributed by atoms with Crippen LogP contribution in [0.3, 0.4) is 0 Å². The lowest BCUT2D eigenvalue weighted by molar-refractivity contribution is -0.113. The van der Waals surface area contributed by atoms with Crippen LogP contribution < -0.4 is 10.1 Å². The number of unbranched alkanes of at least 4 members (excludes halogenated alkanes) is 1. The molecule has 0 saturated carbocycles. The standard InChI is InChI=1S/C19H23N3O2/c1-3-5-7-12-18(23)21-16-14-19(24-13-4-2)22(20-15-16)17-10-8-6-9-11-17/h6-12,14-15H,3-5,13H2,1-2H3/b12-7+,21-16?. The fourth-order valence-electron chi connectivity index (χ4n) is 2.05. The normalized spacial score (nSPS) is 11.8. The summed E-state index contributed by atoms with van der Waals surface area (Å²) in [6.07, 6.45) is 7.65. The maximum Gasteiger partial charge on any atom is 0.269 e. The van der Waals surface area contributed by atoms with Crippen molar-refractivity contribution < 1.29 is 9.53 Å². The van der Waals surface area contributed by atoms with Crippen LogP contribution in [0.2, 0.25) is 0 Å². The number of carbonyl (C=O) groups is 1. The van der Waals surface area contributed by atoms with Crippen molar-refractivity contribution in [1.29, 1.82) is 0 Å². The number of carbonyl (C=O) groups excluding carboxylic acids is 1. The van der Waals surface area contributed by atoms with Gasteiger partial charge in [0.15, 0.2) is 0 Å². The smallest absolute Gasteiger partial charge is 0.269 e. The molecule has 0 atom stereocenters. The fourth-order valence-corrected chi connectivity index (χ4v) is 2.05. The molecule has 0 fully saturated rings. The van der Waals surface area contributed by atoms with Crippen molar-refractivity contribution in [2.45, 2.75) is 33.1 Å². The van der Waals surface area contributed by atoms with Crippen molar-refractivity contribution in [1.82, 2.24) is 9.78 Å². The lowest BCUT2D eigenvalue weighted by atomic mass is 10.3. The molecule has 1 aromatic heterocycles. The summed E-state index contributed by atoms with van der Waals surface area (Å²) in [5, 5.41) is 4.86. The number of aromatic nitrogens is 2. The largest absolute Gasteiger partial charge is 0.478 e. The molecule has 2 aromatic rings. The van der Waals surface area contributed by atoms with Gasteiger partial charge in [0.1, 0.15) is 0 Å². The van der Waals surface area contributed by atoms with Crippen LogP contribution in [0.5, 0.6) is 5.88 Å². The van der Waals surface area contributed by atoms with E-state index in [1.165, 1.54) is 6.08 Å². The van der Waals surface area contributed by atoms with Gasteiger partial charge in [0.25, 0.3) is 5.91 Å². The average Bonchev–Trinajstić information content (AvgIpc) is 2.61. The summed E-state index contributed by atoms with van der Waals surface area (Å²) in [4.78, 5) is 15.9. The highest BCUT2D eigenvalue weighted by atomic mass is 16.5. The van der Waals surface area contributed by atoms with Crippen LogP contribution in [0.4, 0.5) is 0 Å². The van der Waals surface area contributed by atoms with E-state index in [1.807, 2.05) is 43.3 Å². The molecule has 1 aromatic carbocycles. The lowest BCUT2D eigenvalue weighted by Gasteiger charge is -2.12. The van der Waals surface area contributed by atoms with E-state index in [4.69, 9.17) is 4.74 Å². The average molecular weight is 325 g/mol. The van der Waals surface area contributed by atoms with Crippen molar-refractivity contribution in [3.05, 3.63) is 60.1 Å². The fraction of sp³-hybridized carbons (Fsp3) is 0.316. The monoisotopic (exact) mass is 325 g/mol. The molecule has 0 spiro atoms. The molecule has 1 amide bonds. The van der Waals surface area contributed by atoms with Gasteiger partial charge in [0, 0.05) is 12.1 Å². The van der Waals surface area contributed by atoms with Crippen LogP contribution in [-0.2, 0) is 4.79 Å². The SMILES string of the molecule is CCC/C=C/C(=O)N=c1cnn(-c2ccccc2)c(OCCC)c1. The first-order valence-electron chi connectivity index (χ1n) is 8.27. The van der Waals surface area contributed by atoms with Crippen LogP contribution in [-0.4, -0.2) is 22.3 Å². The van der Waals surface area contributed by atoms with Gasteiger partial charge in [-0.1, -0.05) is 44.5 Å². The first-order valence-corrected chi connectivity index (χ1v) is 8.27. The third-order valence-electron chi connectivity index (χ3n) is 3.20. The topological polar surface area (TPSA) is 56.5 Å². The van der Waals surface area contributed by atoms with E-state index >= 15 is 0 Å². The third-order valence-corrected chi connectivity index (χ3v) is 3.20. The Hall–Kier alpha value is -2.69. The van der Waals surface area contributed by atoms with Crippen molar-refractivity contribution in [3.8, 4) is 11.6 Å². The second-order valence-corrected chi connectivity index (χ2v) is 5.29. The first kappa shape index (κ1) is 17.7. The predicted octanol–water partition coefficient (Wildman–Crippen LogP) is 3.44. The summed E-state index contributed by atoms with van der Waals surface area (Å²) in [6, 6.07) is 11.5. The minimum Gasteiger partial charge on any atom is -0.478 e. The molecule has 0 bridgehead atoms. The number of allylic oxidation sites excluding steroid dienone is 1. The van der Waals surface area contributed by atoms with E-state index < -0.39 is 0 Å². The number of rotatable bonds is 7. The van der Waals surface area contributed by atoms with Gasteiger partial charge in [0.2, 0.25) is 5.88 Å². The second-order valence-electron chi connectivity index (χ2n) is 5.29. The molecule has 5 heteroatoms. The van der Waals surface area contributed by atoms with E-state index in [-0.39, 0.29) is 5.91 Å². The molecule has 126 valence electrons. The summed E-state index contributed by atoms with van der Waals surface area (Å²) in [6.45, 7) is 4.67. The molecule has 0 radical (unpaired) electrons. The highest BCUT2D eigenvalue weighted by Crippen LogP contribution is 2.14. The molecule has 0 N–H and O–H groups in total. The number of benzene rings is 1. The molecular weight excluding hydrogens is 302 g/mol. The minimum absolute atomic E-state index is 0.288. The number of nitrogens with zero attached hydrogens (tertiary/aromatic N) is 3. The Bertz CT molecular complexity index is 749. The van der Waals surface area contributed by atoms with Crippen LogP contribution in [0.15, 0.2) is 59.7 Å². The zero-order valence-corrected chi connectivity index (χ0v) is 14.2. The highest BCUT2D eigenvalue weighted by Gasteiger charge is 2.05. The maximum atomic E-state index is 11.8. The van der Waals surface area contributed by atoms with Gasteiger partial charge in [-0.25, -0.2) is 9.67 Å². The van der Waals surface area contributed by atoms with E-state index in [1.54, 1.807) is 16.9 Å². The Morgan fingerprint density at radius 3 is 2.75 bits per heavy atom. The van der Waals surface area contributed by atoms with Gasteiger partial charge in [-0.15, -0.1) is 0 Å². The summed E-state index contributed by atoms with van der Waals surface area (Å²) < 4.78 is 7.47. The molecule has 1 heterocycles. The molecule has 24 heavy (non-hydrogen) atoms. The molecule has 5 nitrogen and oxygen atoms in total. The molecule has 0 unspecified atom stereocenters. The second kappa shape index (κ2) is 9.45. The van der Waals surface area contributed by atoms with Gasteiger partial charge in [-0.05, 0) is 25.0 Å². The van der Waals surface area contributed by atoms with E-state index in [2.05, 4.69) is 17.0 Å². The third kappa shape index (κ3) is 5.19. The van der Waals surface area contributed by atoms with Crippen molar-refractivity contribution in [2.24, 2.45) is 4.99 Å². The number of hydrogen-bond donors (Lipinski definition) is 0. The number of ether oxygens (including phenoxy) is 1. The van der Waals surface area contributed by atoms with E-state index in [0.29, 0.717) is 17.8 Å². The van der Waals surface area contributed by atoms with Gasteiger partial charge >= 0.3 is 0 Å². The lowest BCUT2D eigenvalue weighted by Crippen LogP contribution is -2.15. The van der Waals surface area contributed by atoms with Gasteiger partial charge in [-0.2, -0.15) is 5.10 Å². The van der Waals surface area contributed by atoms with Gasteiger partial charge in [-0.3, -0.25) is 4.79 Å². The first-order chi connectivity index (χ1) is 11.7. The molecule has 0 aliphatic rings. The summed E-state index contributed by atoms with van der Waals surface area (Å²) in [5.41, 5.74) is 0.893. The predicted molar refractivity (Wildman–Crippen MR) is 94.0 cm³/mol. The van der Waals surface area contributed by atoms with Crippen LogP contribution in [0, 0.1) is 0 Å². The molecular formula is C19H23N3O2. The summed E-state index contributed by atoms with van der Waals surface area (Å²) >= 11 is 0. The quantitative estimate of drug-likeness (QED) is 0.733. The maximum absolute atomic E-state index is 11.8. The summed E-state index contributed by atoms with van der Waals surface area (Å²) in [5.74, 6) is 0.277. The Balaban J connectivity index is 2.34. The minimum atomic E-state index is -0.288. The van der Waals surface area contributed by atoms with Gasteiger partial charge < -0.3 is 4.74 Å².